The average molecular weight is 415 g/mol. The number of rotatable bonds is 7. The second-order valence-corrected chi connectivity index (χ2v) is 7.71. The third-order valence-electron chi connectivity index (χ3n) is 4.63. The first kappa shape index (κ1) is 21.0. The second-order valence-electron chi connectivity index (χ2n) is 6.77. The van der Waals surface area contributed by atoms with E-state index in [1.165, 1.54) is 31.0 Å². The lowest BCUT2D eigenvalue weighted by molar-refractivity contribution is 0.0600. The van der Waals surface area contributed by atoms with Gasteiger partial charge in [0.25, 0.3) is 0 Å². The smallest absolute Gasteiger partial charge is 0.337 e. The van der Waals surface area contributed by atoms with Crippen LogP contribution in [-0.2, 0) is 10.5 Å². The summed E-state index contributed by atoms with van der Waals surface area (Å²) >= 11 is 1.53. The van der Waals surface area contributed by atoms with Crippen LogP contribution >= 0.6 is 11.8 Å². The molecule has 0 radical (unpaired) electrons. The van der Waals surface area contributed by atoms with Crippen LogP contribution in [0.4, 0.5) is 4.39 Å². The quantitative estimate of drug-likeness (QED) is 0.428. The standard InChI is InChI=1S/C21H23FN4O2S/c1-14(25(2)3)19-23-24-21(26(19)18-11-9-17(22)10-12-18)29-13-15-5-7-16(8-6-15)20(27)28-4/h5-12,14H,13H2,1-4H3/t14-/m1/s1. The van der Waals surface area contributed by atoms with Crippen molar-refractivity contribution < 1.29 is 13.9 Å². The summed E-state index contributed by atoms with van der Waals surface area (Å²) in [7, 11) is 5.31. The van der Waals surface area contributed by atoms with Gasteiger partial charge in [0.1, 0.15) is 5.82 Å². The van der Waals surface area contributed by atoms with Crippen LogP contribution in [0.1, 0.15) is 34.7 Å². The van der Waals surface area contributed by atoms with Crippen LogP contribution < -0.4 is 0 Å². The van der Waals surface area contributed by atoms with Gasteiger partial charge in [-0.3, -0.25) is 9.47 Å². The molecule has 6 nitrogen and oxygen atoms in total. The van der Waals surface area contributed by atoms with Gasteiger partial charge in [-0.25, -0.2) is 9.18 Å². The summed E-state index contributed by atoms with van der Waals surface area (Å²) < 4.78 is 20.1. The van der Waals surface area contributed by atoms with Crippen molar-refractivity contribution in [2.24, 2.45) is 0 Å². The Hall–Kier alpha value is -2.71. The molecule has 0 aliphatic heterocycles. The molecule has 8 heteroatoms. The van der Waals surface area contributed by atoms with E-state index in [0.717, 1.165) is 22.2 Å². The Balaban J connectivity index is 1.87. The van der Waals surface area contributed by atoms with Gasteiger partial charge >= 0.3 is 5.97 Å². The summed E-state index contributed by atoms with van der Waals surface area (Å²) in [6.07, 6.45) is 0. The largest absolute Gasteiger partial charge is 0.465 e. The number of thioether (sulfide) groups is 1. The van der Waals surface area contributed by atoms with Gasteiger partial charge in [0.15, 0.2) is 11.0 Å². The Bertz CT molecular complexity index is 971. The number of nitrogens with zero attached hydrogens (tertiary/aromatic N) is 4. The predicted octanol–water partition coefficient (Wildman–Crippen LogP) is 4.11. The minimum Gasteiger partial charge on any atom is -0.465 e. The fraction of sp³-hybridized carbons (Fsp3) is 0.286. The molecule has 0 aliphatic carbocycles. The number of esters is 1. The molecule has 2 aromatic carbocycles. The maximum Gasteiger partial charge on any atom is 0.337 e. The number of benzene rings is 2. The number of aromatic nitrogens is 3. The van der Waals surface area contributed by atoms with Gasteiger partial charge in [0, 0.05) is 11.4 Å². The van der Waals surface area contributed by atoms with E-state index in [9.17, 15) is 9.18 Å². The summed E-state index contributed by atoms with van der Waals surface area (Å²) in [5.41, 5.74) is 2.36. The van der Waals surface area contributed by atoms with Crippen LogP contribution in [-0.4, -0.2) is 46.8 Å². The summed E-state index contributed by atoms with van der Waals surface area (Å²) in [4.78, 5) is 13.6. The molecule has 0 aliphatic rings. The lowest BCUT2D eigenvalue weighted by Gasteiger charge is -2.20. The Labute approximate surface area is 173 Å². The fourth-order valence-electron chi connectivity index (χ4n) is 2.71. The molecule has 1 aromatic heterocycles. The van der Waals surface area contributed by atoms with E-state index in [1.54, 1.807) is 24.3 Å². The van der Waals surface area contributed by atoms with Gasteiger partial charge < -0.3 is 4.74 Å². The van der Waals surface area contributed by atoms with E-state index < -0.39 is 0 Å². The molecule has 0 amide bonds. The van der Waals surface area contributed by atoms with Gasteiger partial charge in [-0.1, -0.05) is 23.9 Å². The van der Waals surface area contributed by atoms with Crippen molar-refractivity contribution in [3.8, 4) is 5.69 Å². The lowest BCUT2D eigenvalue weighted by Crippen LogP contribution is -2.20. The van der Waals surface area contributed by atoms with Crippen molar-refractivity contribution >= 4 is 17.7 Å². The normalized spacial score (nSPS) is 12.2. The molecular weight excluding hydrogens is 391 g/mol. The Kier molecular flexibility index (Phi) is 6.66. The molecule has 0 bridgehead atoms. The highest BCUT2D eigenvalue weighted by Gasteiger charge is 2.21. The minimum absolute atomic E-state index is 0.0289. The molecule has 0 unspecified atom stereocenters. The fourth-order valence-corrected chi connectivity index (χ4v) is 3.63. The number of hydrogen-bond donors (Lipinski definition) is 0. The van der Waals surface area contributed by atoms with Gasteiger partial charge in [0.2, 0.25) is 0 Å². The van der Waals surface area contributed by atoms with Crippen LogP contribution in [0.2, 0.25) is 0 Å². The first-order chi connectivity index (χ1) is 13.9. The predicted molar refractivity (Wildman–Crippen MR) is 111 cm³/mol. The molecule has 0 saturated carbocycles. The second kappa shape index (κ2) is 9.19. The summed E-state index contributed by atoms with van der Waals surface area (Å²) in [6.45, 7) is 2.05. The van der Waals surface area contributed by atoms with Crippen LogP contribution in [0.5, 0.6) is 0 Å². The molecule has 29 heavy (non-hydrogen) atoms. The molecule has 1 atom stereocenters. The van der Waals surface area contributed by atoms with Crippen LogP contribution in [0.15, 0.2) is 53.7 Å². The third-order valence-corrected chi connectivity index (χ3v) is 5.63. The third kappa shape index (κ3) is 4.83. The van der Waals surface area contributed by atoms with Crippen LogP contribution in [0.3, 0.4) is 0 Å². The molecular formula is C21H23FN4O2S. The average Bonchev–Trinajstić information content (AvgIpc) is 3.15. The van der Waals surface area contributed by atoms with Gasteiger partial charge in [-0.15, -0.1) is 10.2 Å². The highest BCUT2D eigenvalue weighted by atomic mass is 32.2. The van der Waals surface area contributed by atoms with Gasteiger partial charge in [-0.2, -0.15) is 0 Å². The number of methoxy groups -OCH3 is 1. The first-order valence-electron chi connectivity index (χ1n) is 9.08. The van der Waals surface area contributed by atoms with Crippen LogP contribution in [0, 0.1) is 5.82 Å². The Morgan fingerprint density at radius 1 is 1.14 bits per heavy atom. The Morgan fingerprint density at radius 2 is 1.79 bits per heavy atom. The van der Waals surface area contributed by atoms with E-state index >= 15 is 0 Å². The van der Waals surface area contributed by atoms with E-state index in [4.69, 9.17) is 4.74 Å². The molecule has 0 fully saturated rings. The maximum absolute atomic E-state index is 13.4. The summed E-state index contributed by atoms with van der Waals surface area (Å²) in [5, 5.41) is 9.49. The number of carbonyl (C=O) groups is 1. The summed E-state index contributed by atoms with van der Waals surface area (Å²) in [6, 6.07) is 13.6. The highest BCUT2D eigenvalue weighted by molar-refractivity contribution is 7.98. The maximum atomic E-state index is 13.4. The highest BCUT2D eigenvalue weighted by Crippen LogP contribution is 2.29. The molecule has 0 N–H and O–H groups in total. The molecule has 152 valence electrons. The van der Waals surface area contributed by atoms with Crippen molar-refractivity contribution in [3.63, 3.8) is 0 Å². The zero-order valence-corrected chi connectivity index (χ0v) is 17.6. The monoisotopic (exact) mass is 414 g/mol. The molecule has 3 rings (SSSR count). The SMILES string of the molecule is COC(=O)c1ccc(CSc2nnc([C@@H](C)N(C)C)n2-c2ccc(F)cc2)cc1. The van der Waals surface area contributed by atoms with E-state index in [1.807, 2.05) is 42.6 Å². The summed E-state index contributed by atoms with van der Waals surface area (Å²) in [5.74, 6) is 0.786. The number of hydrogen-bond acceptors (Lipinski definition) is 6. The van der Waals surface area contributed by atoms with Gasteiger partial charge in [-0.05, 0) is 63.0 Å². The molecule has 0 spiro atoms. The molecule has 3 aromatic rings. The number of carbonyl (C=O) groups excluding carboxylic acids is 1. The number of ether oxygens (including phenoxy) is 1. The number of halogens is 1. The van der Waals surface area contributed by atoms with Crippen molar-refractivity contribution in [2.45, 2.75) is 23.9 Å². The first-order valence-corrected chi connectivity index (χ1v) is 10.1. The zero-order valence-electron chi connectivity index (χ0n) is 16.8. The van der Waals surface area contributed by atoms with Crippen molar-refractivity contribution in [3.05, 3.63) is 71.3 Å². The van der Waals surface area contributed by atoms with Crippen molar-refractivity contribution in [2.75, 3.05) is 21.2 Å². The molecule has 1 heterocycles. The zero-order chi connectivity index (χ0) is 21.0. The van der Waals surface area contributed by atoms with E-state index in [-0.39, 0.29) is 17.8 Å². The van der Waals surface area contributed by atoms with Crippen LogP contribution in [0.25, 0.3) is 5.69 Å². The molecule has 0 saturated heterocycles. The van der Waals surface area contributed by atoms with Crippen molar-refractivity contribution in [1.82, 2.24) is 19.7 Å². The lowest BCUT2D eigenvalue weighted by atomic mass is 10.1. The topological polar surface area (TPSA) is 60.2 Å². The van der Waals surface area contributed by atoms with Gasteiger partial charge in [0.05, 0.1) is 18.7 Å². The van der Waals surface area contributed by atoms with E-state index in [0.29, 0.717) is 11.3 Å². The Morgan fingerprint density at radius 3 is 2.38 bits per heavy atom. The van der Waals surface area contributed by atoms with Crippen molar-refractivity contribution in [1.29, 1.82) is 0 Å². The minimum atomic E-state index is -0.359. The van der Waals surface area contributed by atoms with E-state index in [2.05, 4.69) is 10.2 Å².